The molecule has 0 N–H and O–H groups in total. The van der Waals surface area contributed by atoms with Crippen LogP contribution in [0.3, 0.4) is 0 Å². The first-order chi connectivity index (χ1) is 10.9. The molecule has 1 atom stereocenters. The second-order valence-corrected chi connectivity index (χ2v) is 6.27. The molecule has 0 aromatic heterocycles. The molecule has 3 nitrogen and oxygen atoms in total. The van der Waals surface area contributed by atoms with Crippen LogP contribution in [-0.4, -0.2) is 18.9 Å². The van der Waals surface area contributed by atoms with Crippen molar-refractivity contribution >= 4 is 27.5 Å². The van der Waals surface area contributed by atoms with E-state index in [9.17, 15) is 13.6 Å². The Morgan fingerprint density at radius 3 is 2.48 bits per heavy atom. The number of amides is 1. The van der Waals surface area contributed by atoms with Crippen molar-refractivity contribution in [2.45, 2.75) is 11.8 Å². The average molecular weight is 377 g/mol. The van der Waals surface area contributed by atoms with E-state index in [1.54, 1.807) is 18.2 Å². The first-order valence-corrected chi connectivity index (χ1v) is 7.61. The number of nitriles is 1. The van der Waals surface area contributed by atoms with Crippen LogP contribution in [0.2, 0.25) is 0 Å². The quantitative estimate of drug-likeness (QED) is 0.752. The van der Waals surface area contributed by atoms with Crippen LogP contribution in [0.1, 0.15) is 22.6 Å². The van der Waals surface area contributed by atoms with Gasteiger partial charge in [0.25, 0.3) is 5.91 Å². The predicted octanol–water partition coefficient (Wildman–Crippen LogP) is 4.06. The Bertz CT molecular complexity index is 827. The Morgan fingerprint density at radius 1 is 1.22 bits per heavy atom. The van der Waals surface area contributed by atoms with Crippen LogP contribution in [0.15, 0.2) is 46.9 Å². The summed E-state index contributed by atoms with van der Waals surface area (Å²) in [5.41, 5.74) is 1.51. The Hall–Kier alpha value is -2.26. The molecule has 6 heteroatoms. The summed E-state index contributed by atoms with van der Waals surface area (Å²) in [7, 11) is 1.35. The van der Waals surface area contributed by atoms with Crippen LogP contribution in [0.4, 0.5) is 14.5 Å². The van der Waals surface area contributed by atoms with Crippen LogP contribution in [0.5, 0.6) is 0 Å². The smallest absolute Gasteiger partial charge is 0.310 e. The van der Waals surface area contributed by atoms with Crippen LogP contribution in [-0.2, 0) is 4.79 Å². The largest absolute Gasteiger partial charge is 0.335 e. The molecule has 1 heterocycles. The molecule has 2 aromatic rings. The summed E-state index contributed by atoms with van der Waals surface area (Å²) < 4.78 is 30.1. The molecule has 0 spiro atoms. The molecular formula is C17H11BrF2N2O. The van der Waals surface area contributed by atoms with Crippen molar-refractivity contribution < 1.29 is 13.6 Å². The number of nitrogens with zero attached hydrogens (tertiary/aromatic N) is 2. The van der Waals surface area contributed by atoms with E-state index in [4.69, 9.17) is 5.26 Å². The van der Waals surface area contributed by atoms with Gasteiger partial charge in [0.2, 0.25) is 0 Å². The lowest BCUT2D eigenvalue weighted by atomic mass is 9.81. The van der Waals surface area contributed by atoms with E-state index < -0.39 is 17.7 Å². The van der Waals surface area contributed by atoms with Crippen molar-refractivity contribution in [3.05, 3.63) is 63.6 Å². The molecule has 116 valence electrons. The molecular weight excluding hydrogens is 366 g/mol. The summed E-state index contributed by atoms with van der Waals surface area (Å²) in [5.74, 6) is -6.18. The molecule has 2 aromatic carbocycles. The van der Waals surface area contributed by atoms with Crippen molar-refractivity contribution in [3.8, 4) is 6.07 Å². The van der Waals surface area contributed by atoms with E-state index in [0.717, 1.165) is 4.90 Å². The van der Waals surface area contributed by atoms with E-state index in [1.807, 2.05) is 6.07 Å². The van der Waals surface area contributed by atoms with Crippen molar-refractivity contribution in [1.82, 2.24) is 0 Å². The second-order valence-electron chi connectivity index (χ2n) is 5.36. The summed E-state index contributed by atoms with van der Waals surface area (Å²) >= 11 is 3.29. The fourth-order valence-corrected chi connectivity index (χ4v) is 3.23. The highest BCUT2D eigenvalue weighted by Crippen LogP contribution is 2.48. The van der Waals surface area contributed by atoms with Gasteiger partial charge in [-0.05, 0) is 41.5 Å². The van der Waals surface area contributed by atoms with Gasteiger partial charge in [0.05, 0.1) is 17.6 Å². The van der Waals surface area contributed by atoms with Gasteiger partial charge in [0, 0.05) is 17.2 Å². The minimum atomic E-state index is -3.56. The third kappa shape index (κ3) is 2.41. The van der Waals surface area contributed by atoms with Gasteiger partial charge in [-0.2, -0.15) is 14.0 Å². The van der Waals surface area contributed by atoms with Crippen LogP contribution in [0, 0.1) is 11.3 Å². The summed E-state index contributed by atoms with van der Waals surface area (Å²) in [6.07, 6.45) is 0. The van der Waals surface area contributed by atoms with Gasteiger partial charge >= 0.3 is 5.92 Å². The van der Waals surface area contributed by atoms with Gasteiger partial charge in [0.15, 0.2) is 0 Å². The number of fused-ring (bicyclic) bond motifs is 1. The van der Waals surface area contributed by atoms with Gasteiger partial charge in [0.1, 0.15) is 0 Å². The van der Waals surface area contributed by atoms with E-state index in [0.29, 0.717) is 26.9 Å². The maximum Gasteiger partial charge on any atom is 0.335 e. The highest BCUT2D eigenvalue weighted by molar-refractivity contribution is 9.10. The van der Waals surface area contributed by atoms with Gasteiger partial charge in [-0.3, -0.25) is 4.79 Å². The molecule has 0 bridgehead atoms. The first-order valence-electron chi connectivity index (χ1n) is 6.81. The van der Waals surface area contributed by atoms with E-state index in [1.165, 1.54) is 31.3 Å². The summed E-state index contributed by atoms with van der Waals surface area (Å²) in [4.78, 5) is 13.1. The fraction of sp³-hybridized carbons (Fsp3) is 0.176. The maximum atomic E-state index is 14.7. The maximum absolute atomic E-state index is 14.7. The standard InChI is InChI=1S/C17H11BrF2N2O/c1-22-14-7-6-12(18)8-13(14)15(17(19,20)16(22)23)11-4-2-10(9-21)3-5-11/h2-8,15H,1H3. The Labute approximate surface area is 140 Å². The Balaban J connectivity index is 2.24. The number of carbonyl (C=O) groups is 1. The van der Waals surface area contributed by atoms with Crippen molar-refractivity contribution in [1.29, 1.82) is 5.26 Å². The van der Waals surface area contributed by atoms with Crippen LogP contribution in [0.25, 0.3) is 0 Å². The lowest BCUT2D eigenvalue weighted by Crippen LogP contribution is -2.50. The molecule has 0 radical (unpaired) electrons. The molecule has 23 heavy (non-hydrogen) atoms. The minimum Gasteiger partial charge on any atom is -0.310 e. The summed E-state index contributed by atoms with van der Waals surface area (Å²) in [5, 5.41) is 8.85. The molecule has 1 amide bonds. The molecule has 0 saturated carbocycles. The monoisotopic (exact) mass is 376 g/mol. The van der Waals surface area contributed by atoms with E-state index >= 15 is 0 Å². The molecule has 1 aliphatic heterocycles. The summed E-state index contributed by atoms with van der Waals surface area (Å²) in [6, 6.07) is 12.8. The molecule has 1 aliphatic rings. The van der Waals surface area contributed by atoms with Crippen molar-refractivity contribution in [2.75, 3.05) is 11.9 Å². The molecule has 0 aliphatic carbocycles. The zero-order valence-electron chi connectivity index (χ0n) is 12.1. The lowest BCUT2D eigenvalue weighted by Gasteiger charge is -2.37. The number of hydrogen-bond acceptors (Lipinski definition) is 2. The normalized spacial score (nSPS) is 19.2. The number of alkyl halides is 2. The molecule has 1 unspecified atom stereocenters. The Morgan fingerprint density at radius 2 is 1.87 bits per heavy atom. The first kappa shape index (κ1) is 15.6. The zero-order valence-corrected chi connectivity index (χ0v) is 13.6. The molecule has 0 fully saturated rings. The number of halogens is 3. The number of anilines is 1. The third-order valence-corrected chi connectivity index (χ3v) is 4.48. The second kappa shape index (κ2) is 5.43. The zero-order chi connectivity index (χ0) is 16.8. The number of carbonyl (C=O) groups excluding carboxylic acids is 1. The van der Waals surface area contributed by atoms with E-state index in [-0.39, 0.29) is 0 Å². The number of benzene rings is 2. The van der Waals surface area contributed by atoms with Crippen LogP contribution >= 0.6 is 15.9 Å². The van der Waals surface area contributed by atoms with E-state index in [2.05, 4.69) is 15.9 Å². The van der Waals surface area contributed by atoms with Gasteiger partial charge in [-0.25, -0.2) is 0 Å². The van der Waals surface area contributed by atoms with Crippen molar-refractivity contribution in [2.24, 2.45) is 0 Å². The predicted molar refractivity (Wildman–Crippen MR) is 85.5 cm³/mol. The fourth-order valence-electron chi connectivity index (χ4n) is 2.85. The van der Waals surface area contributed by atoms with Gasteiger partial charge in [-0.1, -0.05) is 28.1 Å². The molecule has 3 rings (SSSR count). The molecule has 0 saturated heterocycles. The SMILES string of the molecule is CN1C(=O)C(F)(F)C(c2ccc(C#N)cc2)c2cc(Br)ccc21. The number of rotatable bonds is 1. The highest BCUT2D eigenvalue weighted by atomic mass is 79.9. The third-order valence-electron chi connectivity index (χ3n) is 3.99. The van der Waals surface area contributed by atoms with Crippen LogP contribution < -0.4 is 4.90 Å². The minimum absolute atomic E-state index is 0.301. The summed E-state index contributed by atoms with van der Waals surface area (Å²) in [6.45, 7) is 0. The van der Waals surface area contributed by atoms with Gasteiger partial charge in [-0.15, -0.1) is 0 Å². The Kier molecular flexibility index (Phi) is 3.69. The average Bonchev–Trinajstić information content (AvgIpc) is 2.53. The highest BCUT2D eigenvalue weighted by Gasteiger charge is 2.54. The van der Waals surface area contributed by atoms with Crippen molar-refractivity contribution in [3.63, 3.8) is 0 Å². The number of hydrogen-bond donors (Lipinski definition) is 0. The van der Waals surface area contributed by atoms with Gasteiger partial charge < -0.3 is 4.90 Å². The topological polar surface area (TPSA) is 44.1 Å². The lowest BCUT2D eigenvalue weighted by molar-refractivity contribution is -0.145.